The molecular formula is C17H25NO3. The maximum atomic E-state index is 12.1. The van der Waals surface area contributed by atoms with Crippen LogP contribution < -0.4 is 10.1 Å². The van der Waals surface area contributed by atoms with Gasteiger partial charge in [-0.2, -0.15) is 0 Å². The second kappa shape index (κ2) is 7.46. The van der Waals surface area contributed by atoms with E-state index in [9.17, 15) is 4.79 Å². The second-order valence-corrected chi connectivity index (χ2v) is 5.96. The number of hydrogen-bond donors (Lipinski definition) is 1. The largest absolute Gasteiger partial charge is 0.497 e. The van der Waals surface area contributed by atoms with Crippen LogP contribution in [0.3, 0.4) is 0 Å². The number of hydrogen-bond acceptors (Lipinski definition) is 3. The highest BCUT2D eigenvalue weighted by atomic mass is 16.5. The summed E-state index contributed by atoms with van der Waals surface area (Å²) in [6.07, 6.45) is 1.68. The average Bonchev–Trinajstić information content (AvgIpc) is 2.94. The van der Waals surface area contributed by atoms with Gasteiger partial charge in [0.2, 0.25) is 5.91 Å². The van der Waals surface area contributed by atoms with E-state index in [2.05, 4.69) is 19.2 Å². The topological polar surface area (TPSA) is 47.6 Å². The summed E-state index contributed by atoms with van der Waals surface area (Å²) in [6.45, 7) is 5.84. The van der Waals surface area contributed by atoms with Crippen LogP contribution in [0, 0.1) is 11.8 Å². The quantitative estimate of drug-likeness (QED) is 0.875. The van der Waals surface area contributed by atoms with Crippen molar-refractivity contribution in [1.29, 1.82) is 0 Å². The van der Waals surface area contributed by atoms with Crippen molar-refractivity contribution in [2.45, 2.75) is 32.8 Å². The SMILES string of the molecule is COc1cccc(CC(=O)NC[C@@H]2CCO[C@H]2C(C)C)c1. The van der Waals surface area contributed by atoms with Crippen molar-refractivity contribution < 1.29 is 14.3 Å². The molecule has 1 N–H and O–H groups in total. The molecule has 0 aromatic heterocycles. The van der Waals surface area contributed by atoms with Gasteiger partial charge in [0, 0.05) is 19.1 Å². The molecule has 0 saturated carbocycles. The molecule has 0 radical (unpaired) electrons. The zero-order chi connectivity index (χ0) is 15.2. The van der Waals surface area contributed by atoms with Crippen molar-refractivity contribution in [2.75, 3.05) is 20.3 Å². The summed E-state index contributed by atoms with van der Waals surface area (Å²) >= 11 is 0. The summed E-state index contributed by atoms with van der Waals surface area (Å²) in [5.41, 5.74) is 0.968. The molecule has 1 heterocycles. The Kier molecular flexibility index (Phi) is 5.62. The fourth-order valence-corrected chi connectivity index (χ4v) is 2.89. The van der Waals surface area contributed by atoms with Crippen molar-refractivity contribution >= 4 is 5.91 Å². The highest BCUT2D eigenvalue weighted by Gasteiger charge is 2.30. The smallest absolute Gasteiger partial charge is 0.224 e. The van der Waals surface area contributed by atoms with Crippen LogP contribution in [0.1, 0.15) is 25.8 Å². The van der Waals surface area contributed by atoms with Crippen LogP contribution in [0.25, 0.3) is 0 Å². The van der Waals surface area contributed by atoms with E-state index in [4.69, 9.17) is 9.47 Å². The Morgan fingerprint density at radius 2 is 2.29 bits per heavy atom. The van der Waals surface area contributed by atoms with Gasteiger partial charge in [0.25, 0.3) is 0 Å². The summed E-state index contributed by atoms with van der Waals surface area (Å²) in [7, 11) is 1.63. The first-order chi connectivity index (χ1) is 10.1. The molecule has 0 spiro atoms. The van der Waals surface area contributed by atoms with Crippen molar-refractivity contribution in [1.82, 2.24) is 5.32 Å². The van der Waals surface area contributed by atoms with E-state index < -0.39 is 0 Å². The fraction of sp³-hybridized carbons (Fsp3) is 0.588. The first-order valence-electron chi connectivity index (χ1n) is 7.61. The Labute approximate surface area is 126 Å². The van der Waals surface area contributed by atoms with Crippen molar-refractivity contribution in [3.63, 3.8) is 0 Å². The van der Waals surface area contributed by atoms with Gasteiger partial charge in [0.1, 0.15) is 5.75 Å². The average molecular weight is 291 g/mol. The monoisotopic (exact) mass is 291 g/mol. The molecule has 1 aliphatic rings. The molecule has 0 unspecified atom stereocenters. The molecule has 4 heteroatoms. The molecule has 116 valence electrons. The maximum Gasteiger partial charge on any atom is 0.224 e. The van der Waals surface area contributed by atoms with Gasteiger partial charge < -0.3 is 14.8 Å². The molecule has 4 nitrogen and oxygen atoms in total. The molecule has 1 amide bonds. The van der Waals surface area contributed by atoms with Gasteiger partial charge >= 0.3 is 0 Å². The number of carbonyl (C=O) groups excluding carboxylic acids is 1. The molecule has 0 bridgehead atoms. The molecule has 1 fully saturated rings. The number of benzene rings is 1. The number of ether oxygens (including phenoxy) is 2. The van der Waals surface area contributed by atoms with Crippen LogP contribution in [0.4, 0.5) is 0 Å². The Bertz CT molecular complexity index is 473. The van der Waals surface area contributed by atoms with E-state index in [-0.39, 0.29) is 12.0 Å². The third-order valence-corrected chi connectivity index (χ3v) is 3.98. The second-order valence-electron chi connectivity index (χ2n) is 5.96. The molecule has 1 aliphatic heterocycles. The number of methoxy groups -OCH3 is 1. The lowest BCUT2D eigenvalue weighted by Crippen LogP contribution is -2.35. The molecule has 1 saturated heterocycles. The lowest BCUT2D eigenvalue weighted by Gasteiger charge is -2.22. The maximum absolute atomic E-state index is 12.1. The van der Waals surface area contributed by atoms with Gasteiger partial charge in [-0.25, -0.2) is 0 Å². The highest BCUT2D eigenvalue weighted by molar-refractivity contribution is 5.78. The molecule has 0 aliphatic carbocycles. The van der Waals surface area contributed by atoms with Crippen LogP contribution in [0.15, 0.2) is 24.3 Å². The Balaban J connectivity index is 1.82. The molecule has 1 aromatic carbocycles. The predicted octanol–water partition coefficient (Wildman–Crippen LogP) is 2.42. The minimum Gasteiger partial charge on any atom is -0.497 e. The lowest BCUT2D eigenvalue weighted by atomic mass is 9.93. The number of rotatable bonds is 6. The van der Waals surface area contributed by atoms with Crippen molar-refractivity contribution in [3.8, 4) is 5.75 Å². The van der Waals surface area contributed by atoms with Gasteiger partial charge in [-0.15, -0.1) is 0 Å². The predicted molar refractivity (Wildman–Crippen MR) is 82.4 cm³/mol. The molecule has 1 aromatic rings. The molecule has 2 atom stereocenters. The van der Waals surface area contributed by atoms with Crippen LogP contribution in [0.5, 0.6) is 5.75 Å². The third kappa shape index (κ3) is 4.46. The molecular weight excluding hydrogens is 266 g/mol. The summed E-state index contributed by atoms with van der Waals surface area (Å²) in [6, 6.07) is 7.62. The standard InChI is InChI=1S/C17H25NO3/c1-12(2)17-14(7-8-21-17)11-18-16(19)10-13-5-4-6-15(9-13)20-3/h4-6,9,12,14,17H,7-8,10-11H2,1-3H3,(H,18,19)/t14-,17-/m0/s1. The van der Waals surface area contributed by atoms with Crippen LogP contribution >= 0.6 is 0 Å². The third-order valence-electron chi connectivity index (χ3n) is 3.98. The van der Waals surface area contributed by atoms with Gasteiger partial charge in [0.05, 0.1) is 19.6 Å². The fourth-order valence-electron chi connectivity index (χ4n) is 2.89. The van der Waals surface area contributed by atoms with E-state index in [1.165, 1.54) is 0 Å². The van der Waals surface area contributed by atoms with Crippen LogP contribution in [-0.4, -0.2) is 32.3 Å². The van der Waals surface area contributed by atoms with Crippen molar-refractivity contribution in [2.24, 2.45) is 11.8 Å². The molecule has 21 heavy (non-hydrogen) atoms. The first kappa shape index (κ1) is 15.8. The Morgan fingerprint density at radius 3 is 3.00 bits per heavy atom. The van der Waals surface area contributed by atoms with E-state index in [0.29, 0.717) is 24.8 Å². The van der Waals surface area contributed by atoms with Crippen LogP contribution in [-0.2, 0) is 16.0 Å². The van der Waals surface area contributed by atoms with Crippen LogP contribution in [0.2, 0.25) is 0 Å². The van der Waals surface area contributed by atoms with E-state index in [0.717, 1.165) is 24.3 Å². The summed E-state index contributed by atoms with van der Waals surface area (Å²) in [5.74, 6) is 1.76. The first-order valence-corrected chi connectivity index (χ1v) is 7.61. The van der Waals surface area contributed by atoms with Gasteiger partial charge in [0.15, 0.2) is 0 Å². The van der Waals surface area contributed by atoms with E-state index in [1.807, 2.05) is 24.3 Å². The number of nitrogens with one attached hydrogen (secondary N) is 1. The molecule has 2 rings (SSSR count). The van der Waals surface area contributed by atoms with Gasteiger partial charge in [-0.1, -0.05) is 26.0 Å². The van der Waals surface area contributed by atoms with Gasteiger partial charge in [-0.3, -0.25) is 4.79 Å². The Morgan fingerprint density at radius 1 is 1.48 bits per heavy atom. The summed E-state index contributed by atoms with van der Waals surface area (Å²) in [5, 5.41) is 3.04. The summed E-state index contributed by atoms with van der Waals surface area (Å²) < 4.78 is 10.9. The van der Waals surface area contributed by atoms with E-state index in [1.54, 1.807) is 7.11 Å². The van der Waals surface area contributed by atoms with Gasteiger partial charge in [-0.05, 0) is 30.0 Å². The Hall–Kier alpha value is -1.55. The number of amides is 1. The zero-order valence-corrected chi connectivity index (χ0v) is 13.1. The van der Waals surface area contributed by atoms with Crippen molar-refractivity contribution in [3.05, 3.63) is 29.8 Å². The van der Waals surface area contributed by atoms with E-state index >= 15 is 0 Å². The number of carbonyl (C=O) groups is 1. The lowest BCUT2D eigenvalue weighted by molar-refractivity contribution is -0.120. The zero-order valence-electron chi connectivity index (χ0n) is 13.1. The minimum atomic E-state index is 0.0534. The normalized spacial score (nSPS) is 21.5. The highest BCUT2D eigenvalue weighted by Crippen LogP contribution is 2.26. The summed E-state index contributed by atoms with van der Waals surface area (Å²) in [4.78, 5) is 12.1. The minimum absolute atomic E-state index is 0.0534.